The van der Waals surface area contributed by atoms with Crippen molar-refractivity contribution >= 4 is 29.0 Å². The van der Waals surface area contributed by atoms with Crippen molar-refractivity contribution in [1.29, 1.82) is 0 Å². The number of rotatable bonds is 6. The van der Waals surface area contributed by atoms with Crippen LogP contribution in [-0.4, -0.2) is 29.8 Å². The molecule has 0 saturated carbocycles. The summed E-state index contributed by atoms with van der Waals surface area (Å²) in [5, 5.41) is 10.6. The molecule has 0 saturated heterocycles. The second kappa shape index (κ2) is 7.65. The molecular formula is C20H18FN3O2. The molecule has 0 atom stereocenters. The number of nitrogens with one attached hydrogen (secondary N) is 2. The molecule has 0 radical (unpaired) electrons. The van der Waals surface area contributed by atoms with Crippen molar-refractivity contribution in [3.63, 3.8) is 0 Å². The van der Waals surface area contributed by atoms with Crippen LogP contribution in [0.25, 0.3) is 23.1 Å². The molecule has 0 aliphatic carbocycles. The van der Waals surface area contributed by atoms with Crippen LogP contribution in [-0.2, 0) is 0 Å². The Bertz CT molecular complexity index is 975. The fourth-order valence-corrected chi connectivity index (χ4v) is 2.63. The van der Waals surface area contributed by atoms with Crippen LogP contribution in [0.1, 0.15) is 21.6 Å². The summed E-state index contributed by atoms with van der Waals surface area (Å²) in [4.78, 5) is 12.3. The average molecular weight is 351 g/mol. The summed E-state index contributed by atoms with van der Waals surface area (Å²) < 4.78 is 18.5. The quantitative estimate of drug-likeness (QED) is 0.664. The van der Waals surface area contributed by atoms with Gasteiger partial charge >= 0.3 is 0 Å². The number of hydrogen-bond donors (Lipinski definition) is 2. The van der Waals surface area contributed by atoms with Gasteiger partial charge in [-0.25, -0.2) is 4.39 Å². The number of hydrogen-bond acceptors (Lipinski definition) is 3. The third kappa shape index (κ3) is 3.49. The maximum atomic E-state index is 13.0. The van der Waals surface area contributed by atoms with Crippen molar-refractivity contribution in [2.24, 2.45) is 0 Å². The number of fused-ring (bicyclic) bond motifs is 1. The molecule has 2 aromatic carbocycles. The van der Waals surface area contributed by atoms with Gasteiger partial charge in [0, 0.05) is 6.54 Å². The maximum absolute atomic E-state index is 13.0. The van der Waals surface area contributed by atoms with Gasteiger partial charge in [-0.3, -0.25) is 9.89 Å². The molecule has 2 N–H and O–H groups in total. The lowest BCUT2D eigenvalue weighted by atomic mass is 10.1. The maximum Gasteiger partial charge on any atom is 0.255 e. The van der Waals surface area contributed by atoms with E-state index < -0.39 is 0 Å². The van der Waals surface area contributed by atoms with Gasteiger partial charge in [0.2, 0.25) is 0 Å². The zero-order valence-electron chi connectivity index (χ0n) is 14.3. The first kappa shape index (κ1) is 17.4. The largest absolute Gasteiger partial charge is 0.495 e. The Morgan fingerprint density at radius 1 is 1.27 bits per heavy atom. The topological polar surface area (TPSA) is 67.0 Å². The predicted molar refractivity (Wildman–Crippen MR) is 101 cm³/mol. The Kier molecular flexibility index (Phi) is 5.12. The highest BCUT2D eigenvalue weighted by Gasteiger charge is 2.18. The molecule has 1 heterocycles. The van der Waals surface area contributed by atoms with Gasteiger partial charge in [0.25, 0.3) is 5.91 Å². The first-order valence-corrected chi connectivity index (χ1v) is 8.02. The molecule has 1 aromatic heterocycles. The SMILES string of the molecule is C=CCNC(=O)c1ccc2n[nH]c(C=Cc3ccc(F)cc3)c2c1OC. The van der Waals surface area contributed by atoms with Gasteiger partial charge < -0.3 is 10.1 Å². The summed E-state index contributed by atoms with van der Waals surface area (Å²) >= 11 is 0. The number of aromatic amines is 1. The molecule has 0 aliphatic rings. The van der Waals surface area contributed by atoms with Crippen molar-refractivity contribution in [3.05, 3.63) is 71.7 Å². The van der Waals surface area contributed by atoms with Crippen LogP contribution >= 0.6 is 0 Å². The Balaban J connectivity index is 2.02. The third-order valence-corrected chi connectivity index (χ3v) is 3.87. The number of aromatic nitrogens is 2. The molecule has 0 fully saturated rings. The van der Waals surface area contributed by atoms with E-state index in [0.717, 1.165) is 5.56 Å². The van der Waals surface area contributed by atoms with Crippen LogP contribution in [0.5, 0.6) is 5.75 Å². The minimum absolute atomic E-state index is 0.252. The van der Waals surface area contributed by atoms with E-state index >= 15 is 0 Å². The Morgan fingerprint density at radius 2 is 2.04 bits per heavy atom. The molecule has 3 aromatic rings. The Hall–Kier alpha value is -3.41. The molecular weight excluding hydrogens is 333 g/mol. The van der Waals surface area contributed by atoms with Crippen LogP contribution in [0.4, 0.5) is 4.39 Å². The van der Waals surface area contributed by atoms with Crippen molar-refractivity contribution in [3.8, 4) is 5.75 Å². The number of benzene rings is 2. The fraction of sp³-hybridized carbons (Fsp3) is 0.100. The summed E-state index contributed by atoms with van der Waals surface area (Å²) in [6.45, 7) is 3.95. The first-order chi connectivity index (χ1) is 12.6. The zero-order chi connectivity index (χ0) is 18.5. The highest BCUT2D eigenvalue weighted by molar-refractivity contribution is 6.05. The van der Waals surface area contributed by atoms with E-state index in [1.807, 2.05) is 12.2 Å². The smallest absolute Gasteiger partial charge is 0.255 e. The zero-order valence-corrected chi connectivity index (χ0v) is 14.3. The molecule has 3 rings (SSSR count). The van der Waals surface area contributed by atoms with Crippen molar-refractivity contribution in [2.75, 3.05) is 13.7 Å². The molecule has 132 valence electrons. The highest BCUT2D eigenvalue weighted by Crippen LogP contribution is 2.32. The summed E-state index contributed by atoms with van der Waals surface area (Å²) in [7, 11) is 1.51. The van der Waals surface area contributed by atoms with E-state index in [4.69, 9.17) is 4.74 Å². The van der Waals surface area contributed by atoms with Gasteiger partial charge in [-0.1, -0.05) is 24.3 Å². The minimum Gasteiger partial charge on any atom is -0.495 e. The second-order valence-electron chi connectivity index (χ2n) is 5.56. The summed E-state index contributed by atoms with van der Waals surface area (Å²) in [6.07, 6.45) is 5.25. The Morgan fingerprint density at radius 3 is 2.73 bits per heavy atom. The number of amides is 1. The monoisotopic (exact) mass is 351 g/mol. The fourth-order valence-electron chi connectivity index (χ4n) is 2.63. The van der Waals surface area contributed by atoms with E-state index in [1.54, 1.807) is 30.3 Å². The van der Waals surface area contributed by atoms with E-state index in [1.165, 1.54) is 19.2 Å². The Labute approximate surface area is 150 Å². The van der Waals surface area contributed by atoms with Crippen LogP contribution in [0.3, 0.4) is 0 Å². The molecule has 0 spiro atoms. The lowest BCUT2D eigenvalue weighted by Crippen LogP contribution is -2.23. The van der Waals surface area contributed by atoms with Gasteiger partial charge in [0.05, 0.1) is 29.3 Å². The molecule has 5 nitrogen and oxygen atoms in total. The van der Waals surface area contributed by atoms with Crippen molar-refractivity contribution in [2.45, 2.75) is 0 Å². The second-order valence-corrected chi connectivity index (χ2v) is 5.56. The lowest BCUT2D eigenvalue weighted by Gasteiger charge is -2.09. The number of carbonyl (C=O) groups is 1. The van der Waals surface area contributed by atoms with Crippen LogP contribution in [0, 0.1) is 5.82 Å². The van der Waals surface area contributed by atoms with Crippen molar-refractivity contribution in [1.82, 2.24) is 15.5 Å². The van der Waals surface area contributed by atoms with E-state index in [0.29, 0.717) is 34.5 Å². The van der Waals surface area contributed by atoms with E-state index in [-0.39, 0.29) is 11.7 Å². The lowest BCUT2D eigenvalue weighted by molar-refractivity contribution is 0.0955. The van der Waals surface area contributed by atoms with Gasteiger partial charge in [-0.05, 0) is 35.9 Å². The van der Waals surface area contributed by atoms with Crippen LogP contribution in [0.2, 0.25) is 0 Å². The van der Waals surface area contributed by atoms with Crippen LogP contribution < -0.4 is 10.1 Å². The average Bonchev–Trinajstić information content (AvgIpc) is 3.08. The summed E-state index contributed by atoms with van der Waals surface area (Å²) in [6, 6.07) is 9.58. The third-order valence-electron chi connectivity index (χ3n) is 3.87. The number of H-pyrrole nitrogens is 1. The first-order valence-electron chi connectivity index (χ1n) is 8.02. The van der Waals surface area contributed by atoms with Crippen molar-refractivity contribution < 1.29 is 13.9 Å². The highest BCUT2D eigenvalue weighted by atomic mass is 19.1. The van der Waals surface area contributed by atoms with Gasteiger partial charge in [0.1, 0.15) is 11.6 Å². The van der Waals surface area contributed by atoms with Gasteiger partial charge in [-0.15, -0.1) is 6.58 Å². The number of methoxy groups -OCH3 is 1. The van der Waals surface area contributed by atoms with Gasteiger partial charge in [0.15, 0.2) is 0 Å². The number of ether oxygens (including phenoxy) is 1. The number of carbonyl (C=O) groups excluding carboxylic acids is 1. The van der Waals surface area contributed by atoms with E-state index in [9.17, 15) is 9.18 Å². The molecule has 1 amide bonds. The summed E-state index contributed by atoms with van der Waals surface area (Å²) in [5.41, 5.74) is 2.63. The molecule has 0 unspecified atom stereocenters. The standard InChI is InChI=1S/C20H18FN3O2/c1-3-12-22-20(25)15-9-11-17-18(19(15)26-2)16(23-24-17)10-6-13-4-7-14(21)8-5-13/h3-11H,1,12H2,2H3,(H,22,25)(H,23,24). The summed E-state index contributed by atoms with van der Waals surface area (Å²) in [5.74, 6) is -0.0964. The number of halogens is 1. The van der Waals surface area contributed by atoms with Crippen LogP contribution in [0.15, 0.2) is 49.1 Å². The van der Waals surface area contributed by atoms with Gasteiger partial charge in [-0.2, -0.15) is 5.10 Å². The molecule has 26 heavy (non-hydrogen) atoms. The normalized spacial score (nSPS) is 11.0. The molecule has 0 bridgehead atoms. The molecule has 6 heteroatoms. The van der Waals surface area contributed by atoms with E-state index in [2.05, 4.69) is 22.1 Å². The molecule has 0 aliphatic heterocycles. The minimum atomic E-state index is -0.286. The number of nitrogens with zero attached hydrogens (tertiary/aromatic N) is 1. The predicted octanol–water partition coefficient (Wildman–Crippen LogP) is 3.80.